The van der Waals surface area contributed by atoms with Gasteiger partial charge in [-0.2, -0.15) is 5.11 Å². The third-order valence-electron chi connectivity index (χ3n) is 7.66. The summed E-state index contributed by atoms with van der Waals surface area (Å²) in [6.45, 7) is 7.73. The SMILES string of the molecule is COc1cc(N=Nc2cc(C)cc3cc(C)cc(O)c23)c(C)cc1N=Nc1c(C)cc2cc(Nc3ccccc3)ccc2c1O. The van der Waals surface area contributed by atoms with E-state index in [1.807, 2.05) is 107 Å². The Morgan fingerprint density at radius 1 is 0.600 bits per heavy atom. The number of phenols is 2. The highest BCUT2D eigenvalue weighted by Gasteiger charge is 2.14. The Balaban J connectivity index is 1.30. The van der Waals surface area contributed by atoms with E-state index < -0.39 is 0 Å². The van der Waals surface area contributed by atoms with E-state index in [1.165, 1.54) is 0 Å². The molecular weight excluding hydrogens is 562 g/mol. The van der Waals surface area contributed by atoms with Crippen LogP contribution in [0.1, 0.15) is 22.3 Å². The minimum absolute atomic E-state index is 0.0601. The van der Waals surface area contributed by atoms with E-state index >= 15 is 0 Å². The third-order valence-corrected chi connectivity index (χ3v) is 7.66. The number of benzene rings is 6. The van der Waals surface area contributed by atoms with Crippen molar-refractivity contribution in [1.82, 2.24) is 0 Å². The maximum Gasteiger partial charge on any atom is 0.151 e. The highest BCUT2D eigenvalue weighted by Crippen LogP contribution is 2.42. The molecule has 0 radical (unpaired) electrons. The van der Waals surface area contributed by atoms with Crippen LogP contribution in [0.4, 0.5) is 34.1 Å². The lowest BCUT2D eigenvalue weighted by Crippen LogP contribution is -1.90. The van der Waals surface area contributed by atoms with E-state index in [4.69, 9.17) is 4.74 Å². The summed E-state index contributed by atoms with van der Waals surface area (Å²) in [5.41, 5.74) is 7.53. The molecule has 6 aromatic carbocycles. The van der Waals surface area contributed by atoms with Crippen molar-refractivity contribution in [1.29, 1.82) is 0 Å². The van der Waals surface area contributed by atoms with Crippen molar-refractivity contribution in [2.45, 2.75) is 27.7 Å². The molecule has 0 unspecified atom stereocenters. The highest BCUT2D eigenvalue weighted by atomic mass is 16.5. The Bertz CT molecular complexity index is 2130. The Morgan fingerprint density at radius 2 is 1.31 bits per heavy atom. The van der Waals surface area contributed by atoms with E-state index in [-0.39, 0.29) is 11.5 Å². The van der Waals surface area contributed by atoms with Crippen LogP contribution in [-0.4, -0.2) is 17.3 Å². The first-order valence-corrected chi connectivity index (χ1v) is 14.5. The van der Waals surface area contributed by atoms with Crippen LogP contribution in [0.15, 0.2) is 111 Å². The molecule has 0 fully saturated rings. The molecule has 0 aliphatic rings. The van der Waals surface area contributed by atoms with E-state index in [2.05, 4.69) is 25.8 Å². The van der Waals surface area contributed by atoms with E-state index in [9.17, 15) is 10.2 Å². The summed E-state index contributed by atoms with van der Waals surface area (Å²) in [6, 6.07) is 28.9. The fraction of sp³-hybridized carbons (Fsp3) is 0.135. The molecule has 0 saturated heterocycles. The number of nitrogens with zero attached hydrogens (tertiary/aromatic N) is 4. The molecule has 45 heavy (non-hydrogen) atoms. The number of aromatic hydroxyl groups is 2. The van der Waals surface area contributed by atoms with Gasteiger partial charge in [-0.05, 0) is 115 Å². The fourth-order valence-electron chi connectivity index (χ4n) is 5.47. The first kappa shape index (κ1) is 29.3. The van der Waals surface area contributed by atoms with Gasteiger partial charge in [-0.15, -0.1) is 15.3 Å². The fourth-order valence-corrected chi connectivity index (χ4v) is 5.47. The van der Waals surface area contributed by atoms with Crippen molar-refractivity contribution in [2.24, 2.45) is 20.5 Å². The number of fused-ring (bicyclic) bond motifs is 2. The van der Waals surface area contributed by atoms with Crippen molar-refractivity contribution in [2.75, 3.05) is 12.4 Å². The van der Waals surface area contributed by atoms with Gasteiger partial charge in [0.15, 0.2) is 5.75 Å². The van der Waals surface area contributed by atoms with Crippen LogP contribution in [0.2, 0.25) is 0 Å². The second kappa shape index (κ2) is 12.1. The van der Waals surface area contributed by atoms with Gasteiger partial charge in [0.1, 0.15) is 22.9 Å². The molecule has 0 bridgehead atoms. The lowest BCUT2D eigenvalue weighted by atomic mass is 10.0. The minimum Gasteiger partial charge on any atom is -0.507 e. The Morgan fingerprint density at radius 3 is 2.07 bits per heavy atom. The van der Waals surface area contributed by atoms with Gasteiger partial charge in [0, 0.05) is 22.8 Å². The number of azo groups is 2. The number of aryl methyl sites for hydroxylation is 4. The first-order chi connectivity index (χ1) is 21.7. The molecule has 0 aliphatic heterocycles. The summed E-state index contributed by atoms with van der Waals surface area (Å²) in [6.07, 6.45) is 0. The zero-order chi connectivity index (χ0) is 31.7. The lowest BCUT2D eigenvalue weighted by Gasteiger charge is -2.11. The largest absolute Gasteiger partial charge is 0.507 e. The van der Waals surface area contributed by atoms with E-state index in [0.717, 1.165) is 44.4 Å². The number of nitrogens with one attached hydrogen (secondary N) is 1. The number of hydrogen-bond donors (Lipinski definition) is 3. The number of hydrogen-bond acceptors (Lipinski definition) is 8. The van der Waals surface area contributed by atoms with Crippen LogP contribution in [0.3, 0.4) is 0 Å². The van der Waals surface area contributed by atoms with Gasteiger partial charge < -0.3 is 20.3 Å². The predicted molar refractivity (Wildman–Crippen MR) is 181 cm³/mol. The molecule has 8 nitrogen and oxygen atoms in total. The summed E-state index contributed by atoms with van der Waals surface area (Å²) in [4.78, 5) is 0. The van der Waals surface area contributed by atoms with Gasteiger partial charge in [0.05, 0.1) is 23.9 Å². The average Bonchev–Trinajstić information content (AvgIpc) is 3.00. The number of methoxy groups -OCH3 is 1. The van der Waals surface area contributed by atoms with Crippen molar-refractivity contribution >= 4 is 55.7 Å². The lowest BCUT2D eigenvalue weighted by molar-refractivity contribution is 0.416. The summed E-state index contributed by atoms with van der Waals surface area (Å²) >= 11 is 0. The molecule has 6 aromatic rings. The molecule has 8 heteroatoms. The smallest absolute Gasteiger partial charge is 0.151 e. The summed E-state index contributed by atoms with van der Waals surface area (Å²) in [7, 11) is 1.55. The molecule has 0 aliphatic carbocycles. The second-order valence-electron chi connectivity index (χ2n) is 11.2. The molecule has 0 saturated carbocycles. The zero-order valence-electron chi connectivity index (χ0n) is 25.8. The molecule has 0 heterocycles. The van der Waals surface area contributed by atoms with Crippen LogP contribution < -0.4 is 10.1 Å². The van der Waals surface area contributed by atoms with Crippen LogP contribution >= 0.6 is 0 Å². The average molecular weight is 596 g/mol. The zero-order valence-corrected chi connectivity index (χ0v) is 25.8. The van der Waals surface area contributed by atoms with Crippen LogP contribution in [0.25, 0.3) is 21.5 Å². The van der Waals surface area contributed by atoms with Gasteiger partial charge >= 0.3 is 0 Å². The van der Waals surface area contributed by atoms with Crippen LogP contribution in [0.5, 0.6) is 17.2 Å². The quantitative estimate of drug-likeness (QED) is 0.159. The molecule has 0 aromatic heterocycles. The van der Waals surface area contributed by atoms with Gasteiger partial charge in [-0.1, -0.05) is 30.3 Å². The summed E-state index contributed by atoms with van der Waals surface area (Å²) < 4.78 is 5.63. The molecule has 0 amide bonds. The number of rotatable bonds is 7. The van der Waals surface area contributed by atoms with Gasteiger partial charge in [-0.3, -0.25) is 0 Å². The first-order valence-electron chi connectivity index (χ1n) is 14.5. The normalized spacial score (nSPS) is 11.7. The number of ether oxygens (including phenoxy) is 1. The third kappa shape index (κ3) is 6.03. The van der Waals surface area contributed by atoms with Crippen LogP contribution in [-0.2, 0) is 0 Å². The Labute approximate surface area is 261 Å². The van der Waals surface area contributed by atoms with E-state index in [1.54, 1.807) is 19.2 Å². The topological polar surface area (TPSA) is 111 Å². The van der Waals surface area contributed by atoms with Crippen molar-refractivity contribution in [3.8, 4) is 17.2 Å². The van der Waals surface area contributed by atoms with Crippen LogP contribution in [0, 0.1) is 27.7 Å². The minimum atomic E-state index is 0.0601. The monoisotopic (exact) mass is 595 g/mol. The maximum atomic E-state index is 11.2. The van der Waals surface area contributed by atoms with Gasteiger partial charge in [0.25, 0.3) is 0 Å². The molecule has 6 rings (SSSR count). The molecule has 0 atom stereocenters. The predicted octanol–water partition coefficient (Wildman–Crippen LogP) is 11.2. The van der Waals surface area contributed by atoms with Crippen molar-refractivity contribution in [3.05, 3.63) is 113 Å². The Kier molecular flexibility index (Phi) is 7.87. The standard InChI is InChI=1S/C37H33N5O3/c1-21-13-26-14-22(2)16-33(43)35(26)32(15-21)41-39-30-20-34(45-5)31(18-23(30)3)40-42-36-24(4)17-25-19-28(11-12-29(25)37(36)44)38-27-9-7-6-8-10-27/h6-20,38,43-44H,1-5H3. The van der Waals surface area contributed by atoms with Gasteiger partial charge in [-0.25, -0.2) is 0 Å². The summed E-state index contributed by atoms with van der Waals surface area (Å²) in [5, 5.41) is 46.3. The maximum absolute atomic E-state index is 11.2. The highest BCUT2D eigenvalue weighted by molar-refractivity contribution is 5.98. The number of para-hydroxylation sites is 1. The number of anilines is 2. The molecular formula is C37H33N5O3. The second-order valence-corrected chi connectivity index (χ2v) is 11.2. The summed E-state index contributed by atoms with van der Waals surface area (Å²) in [5.74, 6) is 0.686. The molecule has 3 N–H and O–H groups in total. The Hall–Kier alpha value is -5.76. The van der Waals surface area contributed by atoms with Crippen molar-refractivity contribution in [3.63, 3.8) is 0 Å². The van der Waals surface area contributed by atoms with Gasteiger partial charge in [0.2, 0.25) is 0 Å². The molecule has 224 valence electrons. The van der Waals surface area contributed by atoms with E-state index in [0.29, 0.717) is 39.3 Å². The number of phenolic OH excluding ortho intramolecular Hbond substituents is 2. The molecule has 0 spiro atoms. The van der Waals surface area contributed by atoms with Crippen molar-refractivity contribution < 1.29 is 14.9 Å².